The standard InChI is InChI=1S/C28H24O/c1-18-7-10-21(11-8-18)28(22-12-14-23(29)15-13-22)25-6-4-5-20(3)27(25)24-16-9-19(2)17-26(24)28/h4-17,29H,1-3H3. The van der Waals surface area contributed by atoms with Crippen molar-refractivity contribution < 1.29 is 5.11 Å². The Morgan fingerprint density at radius 2 is 1.24 bits per heavy atom. The molecule has 0 radical (unpaired) electrons. The van der Waals surface area contributed by atoms with Crippen molar-refractivity contribution in [2.45, 2.75) is 26.2 Å². The summed E-state index contributed by atoms with van der Waals surface area (Å²) in [6.45, 7) is 6.49. The summed E-state index contributed by atoms with van der Waals surface area (Å²) in [5.74, 6) is 0.291. The van der Waals surface area contributed by atoms with Gasteiger partial charge in [0.15, 0.2) is 0 Å². The van der Waals surface area contributed by atoms with Crippen molar-refractivity contribution in [2.75, 3.05) is 0 Å². The zero-order chi connectivity index (χ0) is 20.2. The van der Waals surface area contributed by atoms with E-state index in [2.05, 4.69) is 93.6 Å². The predicted molar refractivity (Wildman–Crippen MR) is 120 cm³/mol. The van der Waals surface area contributed by atoms with Gasteiger partial charge in [0.05, 0.1) is 5.41 Å². The van der Waals surface area contributed by atoms with Crippen molar-refractivity contribution >= 4 is 0 Å². The fourth-order valence-corrected chi connectivity index (χ4v) is 4.97. The van der Waals surface area contributed by atoms with Crippen molar-refractivity contribution in [2.24, 2.45) is 0 Å². The van der Waals surface area contributed by atoms with Gasteiger partial charge in [0, 0.05) is 0 Å². The molecule has 1 unspecified atom stereocenters. The number of aromatic hydroxyl groups is 1. The minimum atomic E-state index is -0.399. The second kappa shape index (κ2) is 6.35. The first-order valence-electron chi connectivity index (χ1n) is 10.1. The number of phenols is 1. The second-order valence-electron chi connectivity index (χ2n) is 8.21. The summed E-state index contributed by atoms with van der Waals surface area (Å²) >= 11 is 0. The van der Waals surface area contributed by atoms with Gasteiger partial charge in [-0.3, -0.25) is 0 Å². The Bertz CT molecular complexity index is 1170. The molecule has 1 aliphatic rings. The molecule has 0 amide bonds. The quantitative estimate of drug-likeness (QED) is 0.364. The van der Waals surface area contributed by atoms with Crippen LogP contribution in [0.4, 0.5) is 0 Å². The summed E-state index contributed by atoms with van der Waals surface area (Å²) in [7, 11) is 0. The molecule has 5 rings (SSSR count). The smallest absolute Gasteiger partial charge is 0.115 e. The third kappa shape index (κ3) is 2.47. The van der Waals surface area contributed by atoms with E-state index < -0.39 is 5.41 Å². The lowest BCUT2D eigenvalue weighted by atomic mass is 9.67. The van der Waals surface area contributed by atoms with E-state index in [-0.39, 0.29) is 0 Å². The van der Waals surface area contributed by atoms with Gasteiger partial charge >= 0.3 is 0 Å². The minimum Gasteiger partial charge on any atom is -0.508 e. The molecule has 0 aliphatic heterocycles. The zero-order valence-corrected chi connectivity index (χ0v) is 17.0. The monoisotopic (exact) mass is 376 g/mol. The summed E-state index contributed by atoms with van der Waals surface area (Å²) in [6, 6.07) is 30.1. The molecule has 4 aromatic rings. The first-order chi connectivity index (χ1) is 14.0. The molecule has 0 spiro atoms. The molecule has 142 valence electrons. The number of fused-ring (bicyclic) bond motifs is 3. The highest BCUT2D eigenvalue weighted by atomic mass is 16.3. The van der Waals surface area contributed by atoms with Gasteiger partial charge in [-0.2, -0.15) is 0 Å². The van der Waals surface area contributed by atoms with Crippen LogP contribution in [-0.4, -0.2) is 5.11 Å². The Balaban J connectivity index is 1.98. The molecule has 0 saturated heterocycles. The van der Waals surface area contributed by atoms with Crippen LogP contribution in [0.15, 0.2) is 84.9 Å². The molecule has 1 N–H and O–H groups in total. The van der Waals surface area contributed by atoms with E-state index in [9.17, 15) is 5.11 Å². The molecular weight excluding hydrogens is 352 g/mol. The zero-order valence-electron chi connectivity index (χ0n) is 17.0. The molecule has 4 aromatic carbocycles. The topological polar surface area (TPSA) is 20.2 Å². The lowest BCUT2D eigenvalue weighted by Crippen LogP contribution is -2.28. The van der Waals surface area contributed by atoms with Crippen LogP contribution in [0.3, 0.4) is 0 Å². The number of rotatable bonds is 2. The van der Waals surface area contributed by atoms with Crippen molar-refractivity contribution in [1.29, 1.82) is 0 Å². The van der Waals surface area contributed by atoms with Crippen LogP contribution >= 0.6 is 0 Å². The predicted octanol–water partition coefficient (Wildman–Crippen LogP) is 6.68. The lowest BCUT2D eigenvalue weighted by Gasteiger charge is -2.34. The molecule has 1 nitrogen and oxygen atoms in total. The summed E-state index contributed by atoms with van der Waals surface area (Å²) < 4.78 is 0. The van der Waals surface area contributed by atoms with E-state index >= 15 is 0 Å². The number of phenolic OH excluding ortho intramolecular Hbond substituents is 1. The van der Waals surface area contributed by atoms with Gasteiger partial charge in [-0.1, -0.05) is 83.9 Å². The number of aryl methyl sites for hydroxylation is 3. The molecule has 0 saturated carbocycles. The summed E-state index contributed by atoms with van der Waals surface area (Å²) in [5, 5.41) is 9.97. The average Bonchev–Trinajstić information content (AvgIpc) is 3.01. The maximum absolute atomic E-state index is 9.97. The second-order valence-corrected chi connectivity index (χ2v) is 8.21. The van der Waals surface area contributed by atoms with E-state index in [0.717, 1.165) is 0 Å². The van der Waals surface area contributed by atoms with Crippen LogP contribution in [0.1, 0.15) is 38.9 Å². The van der Waals surface area contributed by atoms with Gasteiger partial charge in [0.1, 0.15) is 5.75 Å². The molecular formula is C28H24O. The van der Waals surface area contributed by atoms with E-state index in [4.69, 9.17) is 0 Å². The van der Waals surface area contributed by atoms with Crippen molar-refractivity contribution in [3.63, 3.8) is 0 Å². The lowest BCUT2D eigenvalue weighted by molar-refractivity contribution is 0.475. The normalized spacial score (nSPS) is 17.1. The molecule has 0 aromatic heterocycles. The van der Waals surface area contributed by atoms with Crippen LogP contribution in [0, 0.1) is 20.8 Å². The van der Waals surface area contributed by atoms with Crippen LogP contribution in [0.25, 0.3) is 11.1 Å². The largest absolute Gasteiger partial charge is 0.508 e. The number of hydrogen-bond acceptors (Lipinski definition) is 1. The molecule has 0 bridgehead atoms. The van der Waals surface area contributed by atoms with E-state index in [1.165, 1.54) is 50.1 Å². The van der Waals surface area contributed by atoms with Crippen LogP contribution in [0.2, 0.25) is 0 Å². The first kappa shape index (κ1) is 17.8. The van der Waals surface area contributed by atoms with Gasteiger partial charge in [0.2, 0.25) is 0 Å². The molecule has 1 heteroatoms. The Morgan fingerprint density at radius 3 is 1.93 bits per heavy atom. The molecule has 1 aliphatic carbocycles. The third-order valence-electron chi connectivity index (χ3n) is 6.31. The minimum absolute atomic E-state index is 0.291. The maximum Gasteiger partial charge on any atom is 0.115 e. The van der Waals surface area contributed by atoms with Crippen LogP contribution < -0.4 is 0 Å². The van der Waals surface area contributed by atoms with Gasteiger partial charge in [-0.05, 0) is 71.8 Å². The van der Waals surface area contributed by atoms with E-state index in [0.29, 0.717) is 5.75 Å². The highest BCUT2D eigenvalue weighted by Crippen LogP contribution is 2.57. The first-order valence-corrected chi connectivity index (χ1v) is 10.1. The Kier molecular flexibility index (Phi) is 3.89. The Morgan fingerprint density at radius 1 is 0.621 bits per heavy atom. The van der Waals surface area contributed by atoms with Crippen LogP contribution in [-0.2, 0) is 5.41 Å². The van der Waals surface area contributed by atoms with Crippen molar-refractivity contribution in [3.8, 4) is 16.9 Å². The fraction of sp³-hybridized carbons (Fsp3) is 0.143. The van der Waals surface area contributed by atoms with Gasteiger partial charge in [-0.25, -0.2) is 0 Å². The average molecular weight is 376 g/mol. The molecule has 1 atom stereocenters. The molecule has 29 heavy (non-hydrogen) atoms. The highest BCUT2D eigenvalue weighted by molar-refractivity contribution is 5.88. The maximum atomic E-state index is 9.97. The molecule has 0 heterocycles. The van der Waals surface area contributed by atoms with Gasteiger partial charge in [-0.15, -0.1) is 0 Å². The third-order valence-corrected chi connectivity index (χ3v) is 6.31. The highest BCUT2D eigenvalue weighted by Gasteiger charge is 2.46. The Hall–Kier alpha value is -3.32. The summed E-state index contributed by atoms with van der Waals surface area (Å²) in [5.41, 5.74) is 11.1. The SMILES string of the molecule is Cc1ccc(C2(c3ccc(O)cc3)c3cc(C)ccc3-c3c(C)cccc32)cc1. The van der Waals surface area contributed by atoms with E-state index in [1.54, 1.807) is 12.1 Å². The number of benzene rings is 4. The summed E-state index contributed by atoms with van der Waals surface area (Å²) in [6.07, 6.45) is 0. The number of hydrogen-bond donors (Lipinski definition) is 1. The Labute approximate surface area is 172 Å². The van der Waals surface area contributed by atoms with Gasteiger partial charge < -0.3 is 5.11 Å². The molecule has 0 fully saturated rings. The fourth-order valence-electron chi connectivity index (χ4n) is 4.97. The van der Waals surface area contributed by atoms with Crippen LogP contribution in [0.5, 0.6) is 5.75 Å². The van der Waals surface area contributed by atoms with E-state index in [1.807, 2.05) is 0 Å². The summed E-state index contributed by atoms with van der Waals surface area (Å²) in [4.78, 5) is 0. The van der Waals surface area contributed by atoms with Crippen molar-refractivity contribution in [1.82, 2.24) is 0 Å². The van der Waals surface area contributed by atoms with Crippen molar-refractivity contribution in [3.05, 3.63) is 124 Å². The van der Waals surface area contributed by atoms with Gasteiger partial charge in [0.25, 0.3) is 0 Å².